The molecule has 1 aliphatic heterocycles. The number of fused-ring (bicyclic) bond motifs is 2. The lowest BCUT2D eigenvalue weighted by Crippen LogP contribution is -2.55. The van der Waals surface area contributed by atoms with E-state index in [0.29, 0.717) is 51.2 Å². The summed E-state index contributed by atoms with van der Waals surface area (Å²) in [7, 11) is 0. The Morgan fingerprint density at radius 1 is 1.13 bits per heavy atom. The zero-order valence-corrected chi connectivity index (χ0v) is 21.1. The zero-order valence-electron chi connectivity index (χ0n) is 21.1. The molecule has 1 aliphatic carbocycles. The number of hydrogen-bond acceptors (Lipinski definition) is 7. The number of nitriles is 1. The van der Waals surface area contributed by atoms with E-state index in [9.17, 15) is 14.4 Å². The van der Waals surface area contributed by atoms with E-state index in [-0.39, 0.29) is 11.9 Å². The van der Waals surface area contributed by atoms with Crippen LogP contribution in [-0.2, 0) is 4.79 Å². The van der Waals surface area contributed by atoms with Gasteiger partial charge in [0.15, 0.2) is 11.6 Å². The topological polar surface area (TPSA) is 114 Å². The number of hydrogen-bond donors (Lipinski definition) is 2. The SMILES string of the molecule is C[C@@H]1C(=O)N(c2cccc(C#N)c2)c2cnc(Nc3cc(F)c4[nH]ncc4c3)nc2N1[C@H]1CC[C@H](C)CC1. The molecule has 0 radical (unpaired) electrons. The minimum atomic E-state index is -0.464. The fraction of sp³-hybridized carbons (Fsp3) is 0.321. The lowest BCUT2D eigenvalue weighted by Gasteiger charge is -2.46. The molecule has 38 heavy (non-hydrogen) atoms. The van der Waals surface area contributed by atoms with E-state index in [4.69, 9.17) is 4.98 Å². The largest absolute Gasteiger partial charge is 0.340 e. The summed E-state index contributed by atoms with van der Waals surface area (Å²) in [5.41, 5.74) is 2.44. The Kier molecular flexibility index (Phi) is 5.91. The van der Waals surface area contributed by atoms with Gasteiger partial charge in [-0.15, -0.1) is 0 Å². The average Bonchev–Trinajstić information content (AvgIpc) is 3.40. The van der Waals surface area contributed by atoms with Crippen LogP contribution in [0, 0.1) is 23.1 Å². The highest BCUT2D eigenvalue weighted by Crippen LogP contribution is 2.43. The fourth-order valence-electron chi connectivity index (χ4n) is 5.59. The van der Waals surface area contributed by atoms with Gasteiger partial charge in [0.2, 0.25) is 5.95 Å². The number of carbonyl (C=O) groups excluding carboxylic acids is 1. The minimum Gasteiger partial charge on any atom is -0.340 e. The van der Waals surface area contributed by atoms with E-state index in [1.807, 2.05) is 13.0 Å². The molecule has 1 amide bonds. The van der Waals surface area contributed by atoms with Gasteiger partial charge in [-0.05, 0) is 68.9 Å². The predicted octanol–water partition coefficient (Wildman–Crippen LogP) is 5.56. The Balaban J connectivity index is 1.44. The van der Waals surface area contributed by atoms with Crippen molar-refractivity contribution in [3.8, 4) is 6.07 Å². The predicted molar refractivity (Wildman–Crippen MR) is 143 cm³/mol. The van der Waals surface area contributed by atoms with Crippen LogP contribution in [0.2, 0.25) is 0 Å². The number of nitrogens with one attached hydrogen (secondary N) is 2. The van der Waals surface area contributed by atoms with E-state index in [2.05, 4.69) is 38.4 Å². The molecule has 3 heterocycles. The molecule has 0 unspecified atom stereocenters. The van der Waals surface area contributed by atoms with E-state index in [1.54, 1.807) is 41.6 Å². The van der Waals surface area contributed by atoms with Crippen molar-refractivity contribution < 1.29 is 9.18 Å². The smallest absolute Gasteiger partial charge is 0.254 e. The van der Waals surface area contributed by atoms with Crippen LogP contribution in [0.1, 0.15) is 45.1 Å². The van der Waals surface area contributed by atoms with Crippen molar-refractivity contribution >= 4 is 45.6 Å². The van der Waals surface area contributed by atoms with Crippen molar-refractivity contribution in [1.82, 2.24) is 20.2 Å². The van der Waals surface area contributed by atoms with Gasteiger partial charge in [-0.2, -0.15) is 15.3 Å². The molecular weight excluding hydrogens is 483 g/mol. The number of H-pyrrole nitrogens is 1. The molecule has 1 saturated carbocycles. The fourth-order valence-corrected chi connectivity index (χ4v) is 5.59. The van der Waals surface area contributed by atoms with Gasteiger partial charge in [0.25, 0.3) is 5.91 Å². The van der Waals surface area contributed by atoms with Crippen LogP contribution in [0.4, 0.5) is 33.2 Å². The maximum absolute atomic E-state index is 14.6. The summed E-state index contributed by atoms with van der Waals surface area (Å²) in [6.45, 7) is 4.17. The molecule has 1 atom stereocenters. The van der Waals surface area contributed by atoms with Crippen LogP contribution in [-0.4, -0.2) is 38.2 Å². The molecule has 0 bridgehead atoms. The molecule has 9 nitrogen and oxygen atoms in total. The maximum Gasteiger partial charge on any atom is 0.254 e. The number of halogens is 1. The number of carbonyl (C=O) groups is 1. The van der Waals surface area contributed by atoms with Crippen molar-refractivity contribution in [3.05, 3.63) is 60.2 Å². The second-order valence-electron chi connectivity index (χ2n) is 10.2. The number of benzene rings is 2. The number of rotatable bonds is 4. The highest BCUT2D eigenvalue weighted by Gasteiger charge is 2.41. The van der Waals surface area contributed by atoms with Gasteiger partial charge in [0.1, 0.15) is 17.2 Å². The molecule has 192 valence electrons. The third-order valence-corrected chi connectivity index (χ3v) is 7.60. The van der Waals surface area contributed by atoms with Crippen molar-refractivity contribution in [2.24, 2.45) is 5.92 Å². The first-order chi connectivity index (χ1) is 18.4. The molecule has 0 spiro atoms. The van der Waals surface area contributed by atoms with Crippen molar-refractivity contribution in [3.63, 3.8) is 0 Å². The standard InChI is InChI=1S/C28H27FN8O/c1-16-6-8-21(9-7-16)36-17(2)27(38)37(22-5-3-4-18(10-22)13-30)24-15-31-28(34-26(24)36)33-20-11-19-14-32-35-25(19)23(29)12-20/h3-5,10-12,14-17,21H,6-9H2,1-2H3,(H,32,35)(H,31,33,34)/t16-,17-,21-/m1/s1. The van der Waals surface area contributed by atoms with Crippen LogP contribution in [0.15, 0.2) is 48.8 Å². The van der Waals surface area contributed by atoms with Gasteiger partial charge in [0, 0.05) is 17.1 Å². The Hall–Kier alpha value is -4.52. The summed E-state index contributed by atoms with van der Waals surface area (Å²) < 4.78 is 14.6. The number of nitrogens with zero attached hydrogens (tertiary/aromatic N) is 6. The normalized spacial score (nSPS) is 21.3. The highest BCUT2D eigenvalue weighted by atomic mass is 19.1. The second kappa shape index (κ2) is 9.41. The third kappa shape index (κ3) is 4.10. The summed E-state index contributed by atoms with van der Waals surface area (Å²) in [6.07, 6.45) is 7.30. The molecule has 0 saturated heterocycles. The Morgan fingerprint density at radius 3 is 2.74 bits per heavy atom. The van der Waals surface area contributed by atoms with E-state index in [1.165, 1.54) is 6.07 Å². The Morgan fingerprint density at radius 2 is 1.95 bits per heavy atom. The Labute approximate surface area is 219 Å². The van der Waals surface area contributed by atoms with E-state index in [0.717, 1.165) is 25.7 Å². The molecule has 4 aromatic rings. The number of amides is 1. The molecule has 2 aromatic heterocycles. The first-order valence-electron chi connectivity index (χ1n) is 12.8. The molecule has 2 aliphatic rings. The molecule has 2 aromatic carbocycles. The quantitative estimate of drug-likeness (QED) is 0.369. The molecule has 6 rings (SSSR count). The summed E-state index contributed by atoms with van der Waals surface area (Å²) in [4.78, 5) is 26.9. The van der Waals surface area contributed by atoms with Crippen LogP contribution < -0.4 is 15.1 Å². The Bertz CT molecular complexity index is 1570. The molecular formula is C28H27FN8O. The lowest BCUT2D eigenvalue weighted by molar-refractivity contribution is -0.119. The van der Waals surface area contributed by atoms with Crippen molar-refractivity contribution in [1.29, 1.82) is 5.26 Å². The first-order valence-corrected chi connectivity index (χ1v) is 12.8. The van der Waals surface area contributed by atoms with Crippen molar-refractivity contribution in [2.45, 2.75) is 51.6 Å². The van der Waals surface area contributed by atoms with Crippen LogP contribution >= 0.6 is 0 Å². The molecule has 2 N–H and O–H groups in total. The number of aromatic amines is 1. The number of aromatic nitrogens is 4. The maximum atomic E-state index is 14.6. The van der Waals surface area contributed by atoms with E-state index < -0.39 is 11.9 Å². The van der Waals surface area contributed by atoms with Gasteiger partial charge in [-0.1, -0.05) is 13.0 Å². The monoisotopic (exact) mass is 510 g/mol. The van der Waals surface area contributed by atoms with Gasteiger partial charge < -0.3 is 10.2 Å². The summed E-state index contributed by atoms with van der Waals surface area (Å²) in [5, 5.41) is 19.8. The zero-order chi connectivity index (χ0) is 26.4. The van der Waals surface area contributed by atoms with Gasteiger partial charge >= 0.3 is 0 Å². The summed E-state index contributed by atoms with van der Waals surface area (Å²) >= 11 is 0. The van der Waals surface area contributed by atoms with E-state index >= 15 is 0 Å². The minimum absolute atomic E-state index is 0.0944. The van der Waals surface area contributed by atoms with Gasteiger partial charge in [0.05, 0.1) is 29.7 Å². The second-order valence-corrected chi connectivity index (χ2v) is 10.2. The van der Waals surface area contributed by atoms with Gasteiger partial charge in [-0.25, -0.2) is 9.37 Å². The van der Waals surface area contributed by atoms with Crippen LogP contribution in [0.25, 0.3) is 10.9 Å². The number of anilines is 5. The summed E-state index contributed by atoms with van der Waals surface area (Å²) in [6, 6.07) is 12.0. The van der Waals surface area contributed by atoms with Crippen LogP contribution in [0.3, 0.4) is 0 Å². The average molecular weight is 511 g/mol. The third-order valence-electron chi connectivity index (χ3n) is 7.60. The van der Waals surface area contributed by atoms with Gasteiger partial charge in [-0.3, -0.25) is 14.8 Å². The summed E-state index contributed by atoms with van der Waals surface area (Å²) in [5.74, 6) is 1.07. The van der Waals surface area contributed by atoms with Crippen molar-refractivity contribution in [2.75, 3.05) is 15.1 Å². The molecule has 10 heteroatoms. The van der Waals surface area contributed by atoms with Crippen LogP contribution in [0.5, 0.6) is 0 Å². The first kappa shape index (κ1) is 23.9. The molecule has 1 fully saturated rings. The highest BCUT2D eigenvalue weighted by molar-refractivity contribution is 6.10. The lowest BCUT2D eigenvalue weighted by atomic mass is 9.85.